The van der Waals surface area contributed by atoms with E-state index in [9.17, 15) is 22.8 Å². The third-order valence-electron chi connectivity index (χ3n) is 1.98. The summed E-state index contributed by atoms with van der Waals surface area (Å²) in [6.45, 7) is 1.37. The van der Waals surface area contributed by atoms with E-state index < -0.39 is 29.5 Å². The van der Waals surface area contributed by atoms with Gasteiger partial charge in [0.15, 0.2) is 0 Å². The standard InChI is InChI=1S/C7H8F3NO3S/c1-3-11(6(14)7(8,9)10)4(2-15-3)5(12)13/h3-4H,2H2,1H3,(H,12,13). The number of halogens is 3. The summed E-state index contributed by atoms with van der Waals surface area (Å²) >= 11 is 1.01. The molecule has 2 atom stereocenters. The third-order valence-corrected chi connectivity index (χ3v) is 3.20. The average molecular weight is 243 g/mol. The summed E-state index contributed by atoms with van der Waals surface area (Å²) < 4.78 is 36.4. The van der Waals surface area contributed by atoms with Crippen molar-refractivity contribution in [3.63, 3.8) is 0 Å². The van der Waals surface area contributed by atoms with E-state index in [0.717, 1.165) is 11.8 Å². The first-order valence-electron chi connectivity index (χ1n) is 3.99. The maximum Gasteiger partial charge on any atom is 0.471 e. The zero-order valence-corrected chi connectivity index (χ0v) is 8.43. The summed E-state index contributed by atoms with van der Waals surface area (Å²) in [5.41, 5.74) is 0. The fourth-order valence-electron chi connectivity index (χ4n) is 1.29. The van der Waals surface area contributed by atoms with Crippen molar-refractivity contribution < 1.29 is 27.9 Å². The van der Waals surface area contributed by atoms with E-state index in [0.29, 0.717) is 4.90 Å². The lowest BCUT2D eigenvalue weighted by Crippen LogP contribution is -2.50. The molecule has 1 aliphatic rings. The maximum absolute atomic E-state index is 12.1. The quantitative estimate of drug-likeness (QED) is 0.744. The number of rotatable bonds is 1. The zero-order valence-electron chi connectivity index (χ0n) is 7.61. The molecule has 2 unspecified atom stereocenters. The minimum absolute atomic E-state index is 0.0156. The van der Waals surface area contributed by atoms with E-state index in [1.165, 1.54) is 6.92 Å². The van der Waals surface area contributed by atoms with Gasteiger partial charge < -0.3 is 10.0 Å². The molecule has 1 saturated heterocycles. The van der Waals surface area contributed by atoms with Crippen LogP contribution < -0.4 is 0 Å². The summed E-state index contributed by atoms with van der Waals surface area (Å²) in [4.78, 5) is 21.9. The molecule has 1 aliphatic heterocycles. The highest BCUT2D eigenvalue weighted by molar-refractivity contribution is 8.00. The minimum Gasteiger partial charge on any atom is -0.480 e. The molecule has 0 aromatic heterocycles. The van der Waals surface area contributed by atoms with E-state index in [2.05, 4.69) is 0 Å². The number of carboxylic acid groups (broad SMARTS) is 1. The first-order chi connectivity index (χ1) is 6.75. The van der Waals surface area contributed by atoms with Crippen LogP contribution in [0, 0.1) is 0 Å². The third kappa shape index (κ3) is 2.36. The van der Waals surface area contributed by atoms with E-state index >= 15 is 0 Å². The van der Waals surface area contributed by atoms with Crippen molar-refractivity contribution in [2.24, 2.45) is 0 Å². The molecule has 0 spiro atoms. The van der Waals surface area contributed by atoms with Crippen LogP contribution in [0.1, 0.15) is 6.92 Å². The van der Waals surface area contributed by atoms with Gasteiger partial charge in [-0.05, 0) is 6.92 Å². The van der Waals surface area contributed by atoms with Crippen LogP contribution in [0.15, 0.2) is 0 Å². The minimum atomic E-state index is -5.02. The lowest BCUT2D eigenvalue weighted by molar-refractivity contribution is -0.189. The van der Waals surface area contributed by atoms with Crippen molar-refractivity contribution >= 4 is 23.6 Å². The molecule has 4 nitrogen and oxygen atoms in total. The average Bonchev–Trinajstić information content (AvgIpc) is 2.44. The molecule has 0 aromatic carbocycles. The first-order valence-corrected chi connectivity index (χ1v) is 5.04. The molecule has 0 aliphatic carbocycles. The summed E-state index contributed by atoms with van der Waals surface area (Å²) in [7, 11) is 0. The number of hydrogen-bond donors (Lipinski definition) is 1. The molecule has 1 fully saturated rings. The van der Waals surface area contributed by atoms with Gasteiger partial charge in [0.1, 0.15) is 6.04 Å². The molecule has 1 heterocycles. The number of carboxylic acids is 1. The second-order valence-electron chi connectivity index (χ2n) is 3.00. The van der Waals surface area contributed by atoms with Gasteiger partial charge in [-0.25, -0.2) is 4.79 Å². The maximum atomic E-state index is 12.1. The fraction of sp³-hybridized carbons (Fsp3) is 0.714. The largest absolute Gasteiger partial charge is 0.480 e. The Labute approximate surface area is 87.4 Å². The van der Waals surface area contributed by atoms with Gasteiger partial charge in [0.2, 0.25) is 0 Å². The van der Waals surface area contributed by atoms with Crippen molar-refractivity contribution in [2.75, 3.05) is 5.75 Å². The van der Waals surface area contributed by atoms with Crippen molar-refractivity contribution in [1.29, 1.82) is 0 Å². The van der Waals surface area contributed by atoms with Crippen molar-refractivity contribution in [3.05, 3.63) is 0 Å². The van der Waals surface area contributed by atoms with Crippen molar-refractivity contribution in [1.82, 2.24) is 4.90 Å². The lowest BCUT2D eigenvalue weighted by atomic mass is 10.2. The Kier molecular flexibility index (Phi) is 3.17. The van der Waals surface area contributed by atoms with Gasteiger partial charge in [0.25, 0.3) is 0 Å². The highest BCUT2D eigenvalue weighted by Gasteiger charge is 2.50. The smallest absolute Gasteiger partial charge is 0.471 e. The number of alkyl halides is 3. The van der Waals surface area contributed by atoms with Crippen LogP contribution in [0.25, 0.3) is 0 Å². The SMILES string of the molecule is CC1SCC(C(=O)O)N1C(=O)C(F)(F)F. The van der Waals surface area contributed by atoms with E-state index in [4.69, 9.17) is 5.11 Å². The molecule has 1 amide bonds. The Hall–Kier alpha value is -0.920. The van der Waals surface area contributed by atoms with E-state index in [1.54, 1.807) is 0 Å². The van der Waals surface area contributed by atoms with Crippen LogP contribution in [0.2, 0.25) is 0 Å². The number of hydrogen-bond acceptors (Lipinski definition) is 3. The molecule has 8 heteroatoms. The molecule has 1 rings (SSSR count). The summed E-state index contributed by atoms with van der Waals surface area (Å²) in [5, 5.41) is 7.88. The Morgan fingerprint density at radius 1 is 1.47 bits per heavy atom. The molecule has 0 saturated carbocycles. The number of amides is 1. The van der Waals surface area contributed by atoms with Gasteiger partial charge in [0.05, 0.1) is 5.37 Å². The molecule has 0 radical (unpaired) electrons. The second-order valence-corrected chi connectivity index (χ2v) is 4.35. The number of carbonyl (C=O) groups excluding carboxylic acids is 1. The fourth-order valence-corrected chi connectivity index (χ4v) is 2.45. The van der Waals surface area contributed by atoms with Crippen LogP contribution >= 0.6 is 11.8 Å². The monoisotopic (exact) mass is 243 g/mol. The van der Waals surface area contributed by atoms with E-state index in [1.807, 2.05) is 0 Å². The second kappa shape index (κ2) is 3.92. The number of thioether (sulfide) groups is 1. The van der Waals surface area contributed by atoms with Gasteiger partial charge >= 0.3 is 18.1 Å². The highest BCUT2D eigenvalue weighted by atomic mass is 32.2. The molecule has 15 heavy (non-hydrogen) atoms. The molecule has 0 bridgehead atoms. The molecular formula is C7H8F3NO3S. The summed E-state index contributed by atoms with van der Waals surface area (Å²) in [6.07, 6.45) is -5.02. The van der Waals surface area contributed by atoms with Crippen LogP contribution in [-0.4, -0.2) is 45.2 Å². The number of carbonyl (C=O) groups is 2. The van der Waals surface area contributed by atoms with Gasteiger partial charge in [-0.1, -0.05) is 0 Å². The summed E-state index contributed by atoms with van der Waals surface area (Å²) in [5.74, 6) is -3.52. The number of nitrogens with zero attached hydrogens (tertiary/aromatic N) is 1. The number of aliphatic carboxylic acids is 1. The zero-order chi connectivity index (χ0) is 11.8. The van der Waals surface area contributed by atoms with Crippen LogP contribution in [0.3, 0.4) is 0 Å². The van der Waals surface area contributed by atoms with Gasteiger partial charge in [0, 0.05) is 5.75 Å². The first kappa shape index (κ1) is 12.2. The summed E-state index contributed by atoms with van der Waals surface area (Å²) in [6, 6.07) is -1.39. The Bertz CT molecular complexity index is 294. The predicted molar refractivity (Wildman–Crippen MR) is 46.2 cm³/mol. The normalized spacial score (nSPS) is 26.8. The Morgan fingerprint density at radius 3 is 2.40 bits per heavy atom. The topological polar surface area (TPSA) is 57.6 Å². The van der Waals surface area contributed by atoms with Crippen molar-refractivity contribution in [3.8, 4) is 0 Å². The molecule has 86 valence electrons. The Morgan fingerprint density at radius 2 is 2.00 bits per heavy atom. The molecule has 0 aromatic rings. The Balaban J connectivity index is 2.90. The van der Waals surface area contributed by atoms with E-state index in [-0.39, 0.29) is 5.75 Å². The highest BCUT2D eigenvalue weighted by Crippen LogP contribution is 2.32. The van der Waals surface area contributed by atoms with Crippen LogP contribution in [0.4, 0.5) is 13.2 Å². The molecule has 1 N–H and O–H groups in total. The lowest BCUT2D eigenvalue weighted by Gasteiger charge is -2.25. The van der Waals surface area contributed by atoms with Crippen LogP contribution in [0.5, 0.6) is 0 Å². The van der Waals surface area contributed by atoms with Gasteiger partial charge in [-0.2, -0.15) is 13.2 Å². The molecular weight excluding hydrogens is 235 g/mol. The van der Waals surface area contributed by atoms with Crippen molar-refractivity contribution in [2.45, 2.75) is 24.5 Å². The van der Waals surface area contributed by atoms with Gasteiger partial charge in [-0.15, -0.1) is 11.8 Å². The predicted octanol–water partition coefficient (Wildman–Crippen LogP) is 0.923. The van der Waals surface area contributed by atoms with Crippen LogP contribution in [-0.2, 0) is 9.59 Å². The van der Waals surface area contributed by atoms with Gasteiger partial charge in [-0.3, -0.25) is 4.79 Å².